The fraction of sp³-hybridized carbons (Fsp3) is 1.00. The molecule has 3 saturated heterocycles. The lowest BCUT2D eigenvalue weighted by Gasteiger charge is -2.45. The summed E-state index contributed by atoms with van der Waals surface area (Å²) in [6.07, 6.45) is 4.77. The zero-order chi connectivity index (χ0) is 10.2. The van der Waals surface area contributed by atoms with E-state index in [-0.39, 0.29) is 0 Å². The molecule has 1 unspecified atom stereocenters. The molecule has 0 aromatic carbocycles. The maximum absolute atomic E-state index is 10.8. The zero-order valence-corrected chi connectivity index (χ0v) is 9.29. The second kappa shape index (κ2) is 3.79. The topological polar surface area (TPSA) is 46.6 Å². The van der Waals surface area contributed by atoms with Crippen molar-refractivity contribution in [3.63, 3.8) is 0 Å². The minimum atomic E-state index is -3.27. The Hall–Kier alpha value is -0.130. The van der Waals surface area contributed by atoms with Gasteiger partial charge in [-0.05, 0) is 38.3 Å². The molecule has 0 aromatic heterocycles. The predicted molar refractivity (Wildman–Crippen MR) is 53.5 cm³/mol. The van der Waals surface area contributed by atoms with Gasteiger partial charge in [-0.15, -0.1) is 0 Å². The van der Waals surface area contributed by atoms with E-state index >= 15 is 0 Å². The molecule has 0 N–H and O–H groups in total. The molecule has 0 spiro atoms. The average Bonchev–Trinajstić information content (AvgIpc) is 2.16. The molecular formula is C9H17NO3S. The van der Waals surface area contributed by atoms with E-state index in [9.17, 15) is 8.42 Å². The highest BCUT2D eigenvalue weighted by molar-refractivity contribution is 7.85. The van der Waals surface area contributed by atoms with Gasteiger partial charge >= 0.3 is 0 Å². The van der Waals surface area contributed by atoms with E-state index in [2.05, 4.69) is 4.90 Å². The van der Waals surface area contributed by atoms with Crippen molar-refractivity contribution >= 4 is 10.1 Å². The van der Waals surface area contributed by atoms with E-state index in [1.54, 1.807) is 0 Å². The molecule has 3 heterocycles. The summed E-state index contributed by atoms with van der Waals surface area (Å²) in [5.74, 6) is 0.799. The van der Waals surface area contributed by atoms with Crippen LogP contribution in [0, 0.1) is 5.92 Å². The molecular weight excluding hydrogens is 202 g/mol. The van der Waals surface area contributed by atoms with E-state index < -0.39 is 10.1 Å². The Labute approximate surface area is 85.4 Å². The molecule has 5 heteroatoms. The third-order valence-corrected chi connectivity index (χ3v) is 3.81. The summed E-state index contributed by atoms with van der Waals surface area (Å²) in [7, 11) is -3.27. The summed E-state index contributed by atoms with van der Waals surface area (Å²) in [6.45, 7) is 2.57. The van der Waals surface area contributed by atoms with Crippen LogP contribution in [0.1, 0.15) is 19.3 Å². The van der Waals surface area contributed by atoms with Crippen molar-refractivity contribution in [1.82, 2.24) is 4.90 Å². The van der Waals surface area contributed by atoms with Gasteiger partial charge in [0.2, 0.25) is 0 Å². The molecule has 4 nitrogen and oxygen atoms in total. The molecule has 14 heavy (non-hydrogen) atoms. The predicted octanol–water partition coefficient (Wildman–Crippen LogP) is 0.447. The zero-order valence-electron chi connectivity index (χ0n) is 8.48. The highest BCUT2D eigenvalue weighted by Gasteiger charge is 2.33. The molecule has 0 saturated carbocycles. The molecule has 3 aliphatic heterocycles. The fourth-order valence-corrected chi connectivity index (χ4v) is 2.87. The van der Waals surface area contributed by atoms with Crippen LogP contribution in [0.2, 0.25) is 0 Å². The Kier molecular flexibility index (Phi) is 2.81. The summed E-state index contributed by atoms with van der Waals surface area (Å²) < 4.78 is 26.5. The summed E-state index contributed by atoms with van der Waals surface area (Å²) in [5, 5.41) is 0. The van der Waals surface area contributed by atoms with E-state index in [0.29, 0.717) is 12.6 Å². The minimum absolute atomic E-state index is 0.331. The lowest BCUT2D eigenvalue weighted by molar-refractivity contribution is 0.0254. The van der Waals surface area contributed by atoms with Crippen LogP contribution in [0.3, 0.4) is 0 Å². The second-order valence-electron chi connectivity index (χ2n) is 4.36. The van der Waals surface area contributed by atoms with Gasteiger partial charge in [0.25, 0.3) is 10.1 Å². The quantitative estimate of drug-likeness (QED) is 0.646. The van der Waals surface area contributed by atoms with Crippen molar-refractivity contribution in [2.24, 2.45) is 5.92 Å². The number of piperidine rings is 3. The first-order valence-corrected chi connectivity index (χ1v) is 6.95. The Bertz CT molecular complexity index is 293. The first kappa shape index (κ1) is 10.4. The minimum Gasteiger partial charge on any atom is -0.298 e. The molecule has 0 radical (unpaired) electrons. The molecule has 0 aliphatic carbocycles. The third-order valence-electron chi connectivity index (χ3n) is 3.25. The van der Waals surface area contributed by atoms with Gasteiger partial charge in [-0.2, -0.15) is 8.42 Å². The highest BCUT2D eigenvalue weighted by Crippen LogP contribution is 2.31. The van der Waals surface area contributed by atoms with Crippen LogP contribution < -0.4 is 0 Å². The molecule has 3 aliphatic rings. The van der Waals surface area contributed by atoms with E-state index in [1.165, 1.54) is 12.8 Å². The van der Waals surface area contributed by atoms with Gasteiger partial charge in [0, 0.05) is 6.04 Å². The normalized spacial score (nSPS) is 37.4. The number of hydrogen-bond acceptors (Lipinski definition) is 4. The Morgan fingerprint density at radius 1 is 1.36 bits per heavy atom. The van der Waals surface area contributed by atoms with Crippen LogP contribution >= 0.6 is 0 Å². The number of rotatable bonds is 3. The molecule has 82 valence electrons. The van der Waals surface area contributed by atoms with Gasteiger partial charge in [0.05, 0.1) is 12.9 Å². The van der Waals surface area contributed by atoms with Crippen LogP contribution in [0.15, 0.2) is 0 Å². The number of nitrogens with zero attached hydrogens (tertiary/aromatic N) is 1. The van der Waals surface area contributed by atoms with Gasteiger partial charge in [-0.3, -0.25) is 9.08 Å². The Morgan fingerprint density at radius 3 is 2.43 bits per heavy atom. The second-order valence-corrected chi connectivity index (χ2v) is 6.00. The van der Waals surface area contributed by atoms with Crippen LogP contribution in [0.5, 0.6) is 0 Å². The summed E-state index contributed by atoms with van der Waals surface area (Å²) in [6, 6.07) is 0.331. The Balaban J connectivity index is 1.87. The van der Waals surface area contributed by atoms with Crippen molar-refractivity contribution in [3.8, 4) is 0 Å². The summed E-state index contributed by atoms with van der Waals surface area (Å²) in [4.78, 5) is 2.35. The standard InChI is InChI=1S/C9H17NO3S/c1-14(11,12)13-7-9-6-8-2-4-10(9)5-3-8/h8-9H,2-7H2,1H3. The van der Waals surface area contributed by atoms with E-state index in [0.717, 1.165) is 31.7 Å². The highest BCUT2D eigenvalue weighted by atomic mass is 32.2. The molecule has 1 atom stereocenters. The number of hydrogen-bond donors (Lipinski definition) is 0. The Morgan fingerprint density at radius 2 is 2.00 bits per heavy atom. The van der Waals surface area contributed by atoms with Crippen LogP contribution in [-0.2, 0) is 14.3 Å². The van der Waals surface area contributed by atoms with Crippen molar-refractivity contribution in [2.75, 3.05) is 26.0 Å². The third kappa shape index (κ3) is 2.46. The van der Waals surface area contributed by atoms with Gasteiger partial charge in [0.15, 0.2) is 0 Å². The van der Waals surface area contributed by atoms with Crippen molar-refractivity contribution in [1.29, 1.82) is 0 Å². The first-order valence-electron chi connectivity index (χ1n) is 5.13. The lowest BCUT2D eigenvalue weighted by Crippen LogP contribution is -2.50. The van der Waals surface area contributed by atoms with Crippen molar-refractivity contribution in [3.05, 3.63) is 0 Å². The molecule has 0 aromatic rings. The smallest absolute Gasteiger partial charge is 0.264 e. The van der Waals surface area contributed by atoms with Gasteiger partial charge < -0.3 is 0 Å². The molecule has 0 amide bonds. The summed E-state index contributed by atoms with van der Waals surface area (Å²) in [5.41, 5.74) is 0. The van der Waals surface area contributed by atoms with Crippen LogP contribution in [0.25, 0.3) is 0 Å². The maximum Gasteiger partial charge on any atom is 0.264 e. The number of fused-ring (bicyclic) bond motifs is 3. The van der Waals surface area contributed by atoms with Crippen LogP contribution in [-0.4, -0.2) is 45.3 Å². The van der Waals surface area contributed by atoms with E-state index in [4.69, 9.17) is 4.18 Å². The monoisotopic (exact) mass is 219 g/mol. The molecule has 3 rings (SSSR count). The molecule has 2 bridgehead atoms. The maximum atomic E-state index is 10.8. The molecule has 3 fully saturated rings. The van der Waals surface area contributed by atoms with Gasteiger partial charge in [-0.1, -0.05) is 0 Å². The largest absolute Gasteiger partial charge is 0.298 e. The average molecular weight is 219 g/mol. The first-order chi connectivity index (χ1) is 6.54. The van der Waals surface area contributed by atoms with Crippen molar-refractivity contribution < 1.29 is 12.6 Å². The van der Waals surface area contributed by atoms with Gasteiger partial charge in [-0.25, -0.2) is 0 Å². The van der Waals surface area contributed by atoms with Gasteiger partial charge in [0.1, 0.15) is 0 Å². The summed E-state index contributed by atoms with van der Waals surface area (Å²) >= 11 is 0. The SMILES string of the molecule is CS(=O)(=O)OCC1CC2CCN1CC2. The van der Waals surface area contributed by atoms with Crippen LogP contribution in [0.4, 0.5) is 0 Å². The van der Waals surface area contributed by atoms with E-state index in [1.807, 2.05) is 0 Å². The fourth-order valence-electron chi connectivity index (χ4n) is 2.46. The van der Waals surface area contributed by atoms with Crippen molar-refractivity contribution in [2.45, 2.75) is 25.3 Å². The lowest BCUT2D eigenvalue weighted by atomic mass is 9.84.